The molecule has 0 radical (unpaired) electrons. The molecule has 3 aromatic heterocycles. The second kappa shape index (κ2) is 10.9. The molecule has 1 aliphatic heterocycles. The molecule has 2 aromatic carbocycles. The number of carbonyl (C=O) groups is 2. The Bertz CT molecular complexity index is 1820. The number of aromatic nitrogens is 4. The molecule has 0 saturated carbocycles. The maximum atomic E-state index is 13.1. The van der Waals surface area contributed by atoms with Crippen LogP contribution in [0.2, 0.25) is 0 Å². The Labute approximate surface area is 237 Å². The predicted molar refractivity (Wildman–Crippen MR) is 158 cm³/mol. The van der Waals surface area contributed by atoms with Crippen LogP contribution in [-0.2, 0) is 4.79 Å². The molecule has 1 atom stereocenters. The van der Waals surface area contributed by atoms with E-state index >= 15 is 0 Å². The van der Waals surface area contributed by atoms with Gasteiger partial charge in [0.1, 0.15) is 28.7 Å². The van der Waals surface area contributed by atoms with Gasteiger partial charge in [0.2, 0.25) is 0 Å². The molecule has 202 valence electrons. The molecule has 0 bridgehead atoms. The molecule has 9 heteroatoms. The summed E-state index contributed by atoms with van der Waals surface area (Å²) in [6.07, 6.45) is 6.74. The van der Waals surface area contributed by atoms with Crippen molar-refractivity contribution >= 4 is 29.0 Å². The van der Waals surface area contributed by atoms with Gasteiger partial charge in [0.15, 0.2) is 0 Å². The van der Waals surface area contributed by atoms with E-state index in [1.807, 2.05) is 65.2 Å². The highest BCUT2D eigenvalue weighted by Crippen LogP contribution is 2.36. The summed E-state index contributed by atoms with van der Waals surface area (Å²) in [7, 11) is 0. The molecule has 1 aliphatic rings. The van der Waals surface area contributed by atoms with Gasteiger partial charge in [0.05, 0.1) is 6.04 Å². The molecular weight excluding hydrogens is 514 g/mol. The zero-order valence-electron chi connectivity index (χ0n) is 22.4. The fourth-order valence-electron chi connectivity index (χ4n) is 5.26. The third-order valence-corrected chi connectivity index (χ3v) is 7.18. The molecular formula is C32H27N7O2. The van der Waals surface area contributed by atoms with Gasteiger partial charge in [-0.05, 0) is 61.1 Å². The minimum Gasteiger partial charge on any atom is -0.382 e. The Morgan fingerprint density at radius 3 is 2.56 bits per heavy atom. The maximum Gasteiger partial charge on any atom is 0.299 e. The lowest BCUT2D eigenvalue weighted by molar-refractivity contribution is -0.126. The molecule has 0 aliphatic carbocycles. The van der Waals surface area contributed by atoms with Gasteiger partial charge in [0.25, 0.3) is 11.8 Å². The van der Waals surface area contributed by atoms with Crippen molar-refractivity contribution in [2.75, 3.05) is 17.6 Å². The quantitative estimate of drug-likeness (QED) is 0.303. The summed E-state index contributed by atoms with van der Waals surface area (Å²) in [6, 6.07) is 20.6. The molecule has 3 N–H and O–H groups in total. The molecule has 2 amide bonds. The Kier molecular flexibility index (Phi) is 6.88. The average Bonchev–Trinajstić information content (AvgIpc) is 3.64. The van der Waals surface area contributed by atoms with Crippen LogP contribution in [0.15, 0.2) is 85.3 Å². The van der Waals surface area contributed by atoms with E-state index < -0.39 is 0 Å². The number of nitrogens with two attached hydrogens (primary N) is 1. The van der Waals surface area contributed by atoms with Gasteiger partial charge in [-0.2, -0.15) is 0 Å². The number of nitrogens with one attached hydrogen (secondary N) is 1. The first-order valence-electron chi connectivity index (χ1n) is 13.3. The van der Waals surface area contributed by atoms with Gasteiger partial charge in [0, 0.05) is 36.3 Å². The maximum absolute atomic E-state index is 13.1. The smallest absolute Gasteiger partial charge is 0.299 e. The van der Waals surface area contributed by atoms with E-state index in [1.165, 1.54) is 0 Å². The number of carbonyl (C=O) groups excluding carboxylic acids is 2. The highest BCUT2D eigenvalue weighted by Gasteiger charge is 2.33. The Balaban J connectivity index is 1.28. The fourth-order valence-corrected chi connectivity index (χ4v) is 5.26. The number of rotatable bonds is 5. The lowest BCUT2D eigenvalue weighted by Crippen LogP contribution is -2.30. The third-order valence-electron chi connectivity index (χ3n) is 7.18. The van der Waals surface area contributed by atoms with E-state index in [9.17, 15) is 9.59 Å². The zero-order valence-corrected chi connectivity index (χ0v) is 22.4. The predicted octanol–water partition coefficient (Wildman–Crippen LogP) is 4.98. The van der Waals surface area contributed by atoms with Crippen LogP contribution in [0.4, 0.5) is 11.6 Å². The van der Waals surface area contributed by atoms with Crippen molar-refractivity contribution in [2.45, 2.75) is 25.8 Å². The van der Waals surface area contributed by atoms with Crippen molar-refractivity contribution in [3.8, 4) is 34.2 Å². The topological polar surface area (TPSA) is 119 Å². The summed E-state index contributed by atoms with van der Waals surface area (Å²) in [5.41, 5.74) is 10.9. The molecule has 5 aromatic rings. The number of hydrogen-bond donors (Lipinski definition) is 2. The third kappa shape index (κ3) is 4.99. The fraction of sp³-hybridized carbons (Fsp3) is 0.156. The van der Waals surface area contributed by atoms with Crippen LogP contribution in [-0.4, -0.2) is 42.6 Å². The number of benzene rings is 2. The van der Waals surface area contributed by atoms with Crippen LogP contribution >= 0.6 is 0 Å². The molecule has 9 nitrogen and oxygen atoms in total. The normalized spacial score (nSPS) is 14.5. The minimum atomic E-state index is -0.275. The van der Waals surface area contributed by atoms with Crippen molar-refractivity contribution in [1.29, 1.82) is 0 Å². The molecule has 4 heterocycles. The van der Waals surface area contributed by atoms with E-state index in [1.54, 1.807) is 36.4 Å². The van der Waals surface area contributed by atoms with Crippen LogP contribution in [0, 0.1) is 11.8 Å². The number of imidazole rings is 1. The zero-order chi connectivity index (χ0) is 28.3. The van der Waals surface area contributed by atoms with Crippen LogP contribution in [0.5, 0.6) is 0 Å². The monoisotopic (exact) mass is 541 g/mol. The minimum absolute atomic E-state index is 0.213. The summed E-state index contributed by atoms with van der Waals surface area (Å²) in [5, 5.41) is 2.89. The summed E-state index contributed by atoms with van der Waals surface area (Å²) in [6.45, 7) is 2.27. The van der Waals surface area contributed by atoms with Gasteiger partial charge in [-0.3, -0.25) is 14.0 Å². The van der Waals surface area contributed by atoms with Gasteiger partial charge < -0.3 is 16.0 Å². The van der Waals surface area contributed by atoms with Crippen LogP contribution in [0.3, 0.4) is 0 Å². The van der Waals surface area contributed by atoms with Crippen molar-refractivity contribution in [3.05, 3.63) is 96.7 Å². The summed E-state index contributed by atoms with van der Waals surface area (Å²) in [4.78, 5) is 41.0. The molecule has 0 unspecified atom stereocenters. The summed E-state index contributed by atoms with van der Waals surface area (Å²) >= 11 is 0. The lowest BCUT2D eigenvalue weighted by atomic mass is 10.1. The summed E-state index contributed by atoms with van der Waals surface area (Å²) in [5.74, 6) is 6.36. The second-order valence-electron chi connectivity index (χ2n) is 9.71. The van der Waals surface area contributed by atoms with Crippen molar-refractivity contribution in [3.63, 3.8) is 0 Å². The van der Waals surface area contributed by atoms with E-state index in [0.29, 0.717) is 40.8 Å². The SMILES string of the molecule is CC#CC(=O)N1CCC[C@H]1c1nc(-c2ccc(C(=O)Nc3cc(-c4ccccc4)ccn3)cc2)c2c(N)nccn12. The molecule has 1 fully saturated rings. The number of nitrogen functional groups attached to an aromatic ring is 1. The molecule has 0 spiro atoms. The van der Waals surface area contributed by atoms with Gasteiger partial charge in [-0.1, -0.05) is 48.4 Å². The van der Waals surface area contributed by atoms with Gasteiger partial charge in [-0.15, -0.1) is 0 Å². The lowest BCUT2D eigenvalue weighted by Gasteiger charge is -2.21. The number of pyridine rings is 1. The highest BCUT2D eigenvalue weighted by molar-refractivity contribution is 6.04. The van der Waals surface area contributed by atoms with Crippen LogP contribution < -0.4 is 11.1 Å². The average molecular weight is 542 g/mol. The Hall–Kier alpha value is -5.49. The van der Waals surface area contributed by atoms with E-state index in [4.69, 9.17) is 10.7 Å². The van der Waals surface area contributed by atoms with E-state index in [-0.39, 0.29) is 17.9 Å². The largest absolute Gasteiger partial charge is 0.382 e. The van der Waals surface area contributed by atoms with Gasteiger partial charge >= 0.3 is 0 Å². The number of fused-ring (bicyclic) bond motifs is 1. The van der Waals surface area contributed by atoms with Crippen LogP contribution in [0.25, 0.3) is 27.9 Å². The Morgan fingerprint density at radius 2 is 1.78 bits per heavy atom. The Morgan fingerprint density at radius 1 is 0.976 bits per heavy atom. The molecule has 1 saturated heterocycles. The second-order valence-corrected chi connectivity index (χ2v) is 9.71. The standard InChI is InChI=1S/C32H27N7O2/c1-2-7-27(40)38-18-6-10-25(38)31-37-28(29-30(33)35-17-19-39(29)31)22-11-13-23(14-12-22)32(41)36-26-20-24(15-16-34-26)21-8-4-3-5-9-21/h3-5,8-9,11-17,19-20,25H,6,10,18H2,1H3,(H2,33,35)(H,34,36,41)/t25-/m0/s1. The van der Waals surface area contributed by atoms with Crippen molar-refractivity contribution < 1.29 is 9.59 Å². The van der Waals surface area contributed by atoms with Crippen molar-refractivity contribution in [2.24, 2.45) is 0 Å². The number of hydrogen-bond acceptors (Lipinski definition) is 6. The summed E-state index contributed by atoms with van der Waals surface area (Å²) < 4.78 is 1.90. The number of anilines is 2. The number of amides is 2. The highest BCUT2D eigenvalue weighted by atomic mass is 16.2. The molecule has 6 rings (SSSR count). The van der Waals surface area contributed by atoms with Crippen LogP contribution in [0.1, 0.15) is 42.0 Å². The first-order valence-corrected chi connectivity index (χ1v) is 13.3. The number of likely N-dealkylation sites (tertiary alicyclic amines) is 1. The van der Waals surface area contributed by atoms with E-state index in [0.717, 1.165) is 29.5 Å². The van der Waals surface area contributed by atoms with E-state index in [2.05, 4.69) is 27.1 Å². The molecule has 41 heavy (non-hydrogen) atoms. The first-order chi connectivity index (χ1) is 20.0. The van der Waals surface area contributed by atoms with Crippen molar-refractivity contribution in [1.82, 2.24) is 24.3 Å². The van der Waals surface area contributed by atoms with Gasteiger partial charge in [-0.25, -0.2) is 15.0 Å². The number of nitrogens with zero attached hydrogens (tertiary/aromatic N) is 5. The first kappa shape index (κ1) is 25.8.